The Morgan fingerprint density at radius 1 is 1.11 bits per heavy atom. The summed E-state index contributed by atoms with van der Waals surface area (Å²) in [6.07, 6.45) is 1.39. The van der Waals surface area contributed by atoms with Gasteiger partial charge in [-0.15, -0.1) is 0 Å². The summed E-state index contributed by atoms with van der Waals surface area (Å²) in [6, 6.07) is 9.37. The third kappa shape index (κ3) is 3.84. The van der Waals surface area contributed by atoms with E-state index < -0.39 is 17.8 Å². The number of hydrogen-bond acceptors (Lipinski definition) is 6. The number of nitrogens with zero attached hydrogens (tertiary/aromatic N) is 2. The lowest BCUT2D eigenvalue weighted by Crippen LogP contribution is -2.33. The molecule has 0 fully saturated rings. The van der Waals surface area contributed by atoms with Crippen LogP contribution in [0.15, 0.2) is 42.6 Å². The second kappa shape index (κ2) is 7.77. The summed E-state index contributed by atoms with van der Waals surface area (Å²) < 4.78 is 4.89. The molecule has 0 saturated heterocycles. The first-order valence-corrected chi connectivity index (χ1v) is 8.39. The van der Waals surface area contributed by atoms with E-state index in [9.17, 15) is 19.2 Å². The predicted octanol–water partition coefficient (Wildman–Crippen LogP) is 1.88. The van der Waals surface area contributed by atoms with E-state index in [1.807, 2.05) is 0 Å². The molecule has 2 heterocycles. The summed E-state index contributed by atoms with van der Waals surface area (Å²) >= 11 is 0. The molecule has 0 spiro atoms. The lowest BCUT2D eigenvalue weighted by Gasteiger charge is -2.13. The third-order valence-electron chi connectivity index (χ3n) is 3.97. The third-order valence-corrected chi connectivity index (χ3v) is 3.97. The number of pyridine rings is 1. The highest BCUT2D eigenvalue weighted by molar-refractivity contribution is 6.20. The number of aromatic nitrogens is 1. The van der Waals surface area contributed by atoms with E-state index in [0.29, 0.717) is 11.3 Å². The SMILES string of the molecule is CCOC(=O)c1ccc(NC(=O)CCN2C(=O)c3cccnc3C2=O)cc1. The Hall–Kier alpha value is -3.55. The molecule has 2 aromatic rings. The minimum Gasteiger partial charge on any atom is -0.462 e. The standard InChI is InChI=1S/C19H17N3O5/c1-2-27-19(26)12-5-7-13(8-6-12)21-15(23)9-11-22-17(24)14-4-3-10-20-16(14)18(22)25/h3-8,10H,2,9,11H2,1H3,(H,21,23). The van der Waals surface area contributed by atoms with Gasteiger partial charge in [-0.1, -0.05) is 0 Å². The van der Waals surface area contributed by atoms with Gasteiger partial charge in [0.2, 0.25) is 5.91 Å². The average Bonchev–Trinajstić information content (AvgIpc) is 2.92. The number of carbonyl (C=O) groups is 4. The van der Waals surface area contributed by atoms with Gasteiger partial charge in [0.25, 0.3) is 11.8 Å². The monoisotopic (exact) mass is 367 g/mol. The summed E-state index contributed by atoms with van der Waals surface area (Å²) in [6.45, 7) is 1.96. The fourth-order valence-electron chi connectivity index (χ4n) is 2.66. The maximum absolute atomic E-state index is 12.2. The van der Waals surface area contributed by atoms with Crippen molar-refractivity contribution in [2.75, 3.05) is 18.5 Å². The molecule has 8 nitrogen and oxygen atoms in total. The van der Waals surface area contributed by atoms with Crippen molar-refractivity contribution in [3.63, 3.8) is 0 Å². The van der Waals surface area contributed by atoms with Gasteiger partial charge in [-0.3, -0.25) is 24.3 Å². The zero-order chi connectivity index (χ0) is 19.4. The molecule has 138 valence electrons. The summed E-state index contributed by atoms with van der Waals surface area (Å²) in [4.78, 5) is 53.1. The molecule has 1 aromatic carbocycles. The molecule has 8 heteroatoms. The highest BCUT2D eigenvalue weighted by atomic mass is 16.5. The Morgan fingerprint density at radius 3 is 2.52 bits per heavy atom. The maximum Gasteiger partial charge on any atom is 0.338 e. The fraction of sp³-hybridized carbons (Fsp3) is 0.211. The molecule has 3 amide bonds. The van der Waals surface area contributed by atoms with Crippen LogP contribution in [-0.2, 0) is 9.53 Å². The molecule has 0 saturated carbocycles. The van der Waals surface area contributed by atoms with Crippen molar-refractivity contribution in [1.82, 2.24) is 9.88 Å². The largest absolute Gasteiger partial charge is 0.462 e. The zero-order valence-electron chi connectivity index (χ0n) is 14.6. The van der Waals surface area contributed by atoms with Crippen LogP contribution < -0.4 is 5.32 Å². The van der Waals surface area contributed by atoms with E-state index in [0.717, 1.165) is 4.90 Å². The number of anilines is 1. The molecule has 1 aliphatic rings. The first kappa shape index (κ1) is 18.2. The predicted molar refractivity (Wildman–Crippen MR) is 95.2 cm³/mol. The Bertz CT molecular complexity index is 873. The van der Waals surface area contributed by atoms with Gasteiger partial charge in [-0.25, -0.2) is 4.79 Å². The Balaban J connectivity index is 1.55. The molecule has 3 rings (SSSR count). The van der Waals surface area contributed by atoms with Crippen molar-refractivity contribution in [2.24, 2.45) is 0 Å². The number of ether oxygens (including phenoxy) is 1. The van der Waals surface area contributed by atoms with Crippen molar-refractivity contribution in [3.05, 3.63) is 59.4 Å². The normalized spacial score (nSPS) is 12.7. The highest BCUT2D eigenvalue weighted by Crippen LogP contribution is 2.20. The van der Waals surface area contributed by atoms with Gasteiger partial charge >= 0.3 is 5.97 Å². The lowest BCUT2D eigenvalue weighted by atomic mass is 10.2. The second-order valence-electron chi connectivity index (χ2n) is 5.76. The van der Waals surface area contributed by atoms with Gasteiger partial charge in [0.05, 0.1) is 17.7 Å². The summed E-state index contributed by atoms with van der Waals surface area (Å²) in [7, 11) is 0. The number of fused-ring (bicyclic) bond motifs is 1. The number of esters is 1. The second-order valence-corrected chi connectivity index (χ2v) is 5.76. The van der Waals surface area contributed by atoms with Crippen molar-refractivity contribution in [1.29, 1.82) is 0 Å². The first-order chi connectivity index (χ1) is 13.0. The van der Waals surface area contributed by atoms with Gasteiger partial charge in [0, 0.05) is 24.8 Å². The van der Waals surface area contributed by atoms with Crippen LogP contribution in [-0.4, -0.2) is 46.7 Å². The first-order valence-electron chi connectivity index (χ1n) is 8.39. The molecular formula is C19H17N3O5. The van der Waals surface area contributed by atoms with Crippen LogP contribution >= 0.6 is 0 Å². The highest BCUT2D eigenvalue weighted by Gasteiger charge is 2.36. The molecule has 1 N–H and O–H groups in total. The molecule has 0 unspecified atom stereocenters. The molecule has 0 aliphatic carbocycles. The number of carbonyl (C=O) groups excluding carboxylic acids is 4. The Labute approximate surface area is 155 Å². The summed E-state index contributed by atoms with van der Waals surface area (Å²) in [5, 5.41) is 2.66. The Kier molecular flexibility index (Phi) is 5.25. The lowest BCUT2D eigenvalue weighted by molar-refractivity contribution is -0.116. The number of nitrogens with one attached hydrogen (secondary N) is 1. The number of rotatable bonds is 6. The van der Waals surface area contributed by atoms with Crippen molar-refractivity contribution in [3.8, 4) is 0 Å². The van der Waals surface area contributed by atoms with Gasteiger partial charge < -0.3 is 10.1 Å². The molecule has 1 aliphatic heterocycles. The van der Waals surface area contributed by atoms with Crippen molar-refractivity contribution >= 4 is 29.4 Å². The maximum atomic E-state index is 12.2. The van der Waals surface area contributed by atoms with Crippen LogP contribution in [0.1, 0.15) is 44.5 Å². The van der Waals surface area contributed by atoms with Crippen LogP contribution in [0.5, 0.6) is 0 Å². The van der Waals surface area contributed by atoms with E-state index in [1.54, 1.807) is 37.3 Å². The number of amides is 3. The minimum atomic E-state index is -0.498. The van der Waals surface area contributed by atoms with E-state index >= 15 is 0 Å². The van der Waals surface area contributed by atoms with Crippen molar-refractivity contribution in [2.45, 2.75) is 13.3 Å². The fourth-order valence-corrected chi connectivity index (χ4v) is 2.66. The number of hydrogen-bond donors (Lipinski definition) is 1. The number of benzene rings is 1. The van der Waals surface area contributed by atoms with Crippen LogP contribution in [0.25, 0.3) is 0 Å². The van der Waals surface area contributed by atoms with Crippen molar-refractivity contribution < 1.29 is 23.9 Å². The van der Waals surface area contributed by atoms with Gasteiger partial charge in [0.15, 0.2) is 0 Å². The average molecular weight is 367 g/mol. The smallest absolute Gasteiger partial charge is 0.338 e. The van der Waals surface area contributed by atoms with Gasteiger partial charge in [0.1, 0.15) is 5.69 Å². The molecule has 0 radical (unpaired) electrons. The quantitative estimate of drug-likeness (QED) is 0.617. The molecule has 1 aromatic heterocycles. The van der Waals surface area contributed by atoms with Gasteiger partial charge in [-0.05, 0) is 43.3 Å². The minimum absolute atomic E-state index is 0.0409. The Morgan fingerprint density at radius 2 is 1.85 bits per heavy atom. The van der Waals surface area contributed by atoms with E-state index in [1.165, 1.54) is 12.3 Å². The number of imide groups is 1. The van der Waals surface area contributed by atoms with Crippen LogP contribution in [0.4, 0.5) is 5.69 Å². The topological polar surface area (TPSA) is 106 Å². The zero-order valence-corrected chi connectivity index (χ0v) is 14.6. The van der Waals surface area contributed by atoms with E-state index in [2.05, 4.69) is 10.3 Å². The van der Waals surface area contributed by atoms with Crippen LogP contribution in [0, 0.1) is 0 Å². The van der Waals surface area contributed by atoms with E-state index in [4.69, 9.17) is 4.74 Å². The molecular weight excluding hydrogens is 350 g/mol. The molecule has 27 heavy (non-hydrogen) atoms. The van der Waals surface area contributed by atoms with Crippen LogP contribution in [0.3, 0.4) is 0 Å². The van der Waals surface area contributed by atoms with E-state index in [-0.39, 0.29) is 36.7 Å². The summed E-state index contributed by atoms with van der Waals surface area (Å²) in [5.41, 5.74) is 1.24. The van der Waals surface area contributed by atoms with Crippen LogP contribution in [0.2, 0.25) is 0 Å². The molecule has 0 bridgehead atoms. The summed E-state index contributed by atoms with van der Waals surface area (Å²) in [5.74, 6) is -1.74. The van der Waals surface area contributed by atoms with Gasteiger partial charge in [-0.2, -0.15) is 0 Å². The molecule has 0 atom stereocenters.